The van der Waals surface area contributed by atoms with Crippen LogP contribution in [0, 0.1) is 0 Å². The van der Waals surface area contributed by atoms with E-state index in [1.54, 1.807) is 32.4 Å². The molecule has 0 radical (unpaired) electrons. The molecule has 6 rings (SSSR count). The number of fused-ring (bicyclic) bond motifs is 5. The highest BCUT2D eigenvalue weighted by molar-refractivity contribution is 7.80. The van der Waals surface area contributed by atoms with E-state index < -0.39 is 11.2 Å². The highest BCUT2D eigenvalue weighted by Crippen LogP contribution is 2.47. The fourth-order valence-corrected chi connectivity index (χ4v) is 7.67. The maximum atomic E-state index is 12.6. The van der Waals surface area contributed by atoms with Gasteiger partial charge in [0.25, 0.3) is 0 Å². The van der Waals surface area contributed by atoms with E-state index in [0.717, 1.165) is 46.8 Å². The Morgan fingerprint density at radius 2 is 1.66 bits per heavy atom. The second kappa shape index (κ2) is 14.9. The molecule has 1 atom stereocenters. The maximum absolute atomic E-state index is 12.6. The van der Waals surface area contributed by atoms with Crippen LogP contribution in [0.2, 0.25) is 0 Å². The predicted octanol–water partition coefficient (Wildman–Crippen LogP) is 7.17. The minimum absolute atomic E-state index is 0.120. The number of piperazine rings is 1. The van der Waals surface area contributed by atoms with Crippen molar-refractivity contribution in [1.29, 1.82) is 0 Å². The molecule has 0 bridgehead atoms. The van der Waals surface area contributed by atoms with Crippen LogP contribution < -0.4 is 9.46 Å². The number of ether oxygens (including phenoxy) is 1. The lowest BCUT2D eigenvalue weighted by molar-refractivity contribution is -0.130. The Morgan fingerprint density at radius 1 is 0.979 bits per heavy atom. The fraction of sp³-hybridized carbons (Fsp3) is 0.447. The molecule has 1 amide bonds. The van der Waals surface area contributed by atoms with E-state index in [-0.39, 0.29) is 5.91 Å². The van der Waals surface area contributed by atoms with Crippen LogP contribution in [0.3, 0.4) is 0 Å². The molecule has 8 nitrogen and oxygen atoms in total. The Balaban J connectivity index is 0.00000213. The lowest BCUT2D eigenvalue weighted by Gasteiger charge is -2.37. The van der Waals surface area contributed by atoms with Crippen molar-refractivity contribution in [2.75, 3.05) is 47.4 Å². The van der Waals surface area contributed by atoms with Crippen molar-refractivity contribution in [1.82, 2.24) is 23.4 Å². The molecule has 252 valence electrons. The number of hydrogen-bond donors (Lipinski definition) is 1. The standard InChI is InChI=1S/C36H45N5O3S.C2H6/c1-24(37-45(43)38(4)5)28-12-14-33-34(22-28)41-23-30(25(2)39-16-18-40(19-17-39)26(3)42)20-29-21-31(44-6)13-15-32(29)36(41)35(33)27-10-8-7-9-11-27;1-2/h12-15,20-22,27,37H,1-2,7-11,16-19,23H2,3-6H3;1-2H3. The molecule has 2 aromatic carbocycles. The van der Waals surface area contributed by atoms with E-state index in [2.05, 4.69) is 69.8 Å². The second-order valence-corrected chi connectivity index (χ2v) is 14.1. The Hall–Kier alpha value is -3.82. The molecule has 47 heavy (non-hydrogen) atoms. The number of hydrogen-bond acceptors (Lipinski definition) is 4. The number of aromatic nitrogens is 1. The molecule has 0 spiro atoms. The summed E-state index contributed by atoms with van der Waals surface area (Å²) >= 11 is -1.38. The molecule has 2 fully saturated rings. The van der Waals surface area contributed by atoms with Crippen LogP contribution in [0.4, 0.5) is 0 Å². The van der Waals surface area contributed by atoms with E-state index >= 15 is 0 Å². The van der Waals surface area contributed by atoms with Gasteiger partial charge in [0.05, 0.1) is 19.3 Å². The lowest BCUT2D eigenvalue weighted by atomic mass is 9.81. The Labute approximate surface area is 283 Å². The van der Waals surface area contributed by atoms with Crippen molar-refractivity contribution >= 4 is 39.8 Å². The normalized spacial score (nSPS) is 17.1. The zero-order chi connectivity index (χ0) is 33.8. The smallest absolute Gasteiger partial charge is 0.219 e. The van der Waals surface area contributed by atoms with E-state index in [1.165, 1.54) is 54.3 Å². The van der Waals surface area contributed by atoms with E-state index in [4.69, 9.17) is 4.74 Å². The van der Waals surface area contributed by atoms with Gasteiger partial charge >= 0.3 is 0 Å². The van der Waals surface area contributed by atoms with Crippen molar-refractivity contribution < 1.29 is 13.7 Å². The first-order chi connectivity index (χ1) is 22.7. The first kappa shape index (κ1) is 34.5. The summed E-state index contributed by atoms with van der Waals surface area (Å²) in [5, 5.41) is 1.27. The van der Waals surface area contributed by atoms with Gasteiger partial charge in [-0.05, 0) is 65.8 Å². The van der Waals surface area contributed by atoms with E-state index in [9.17, 15) is 9.00 Å². The minimum Gasteiger partial charge on any atom is -0.497 e. The molecular formula is C38H51N5O3S. The third kappa shape index (κ3) is 7.06. The summed E-state index contributed by atoms with van der Waals surface area (Å²) < 4.78 is 25.4. The summed E-state index contributed by atoms with van der Waals surface area (Å²) in [6.45, 7) is 18.1. The van der Waals surface area contributed by atoms with Crippen molar-refractivity contribution in [3.63, 3.8) is 0 Å². The molecule has 1 saturated carbocycles. The highest BCUT2D eigenvalue weighted by Gasteiger charge is 2.31. The highest BCUT2D eigenvalue weighted by atomic mass is 32.2. The number of amides is 1. The molecule has 3 heterocycles. The van der Waals surface area contributed by atoms with Crippen LogP contribution in [0.15, 0.2) is 60.8 Å². The molecule has 1 saturated heterocycles. The summed E-state index contributed by atoms with van der Waals surface area (Å²) in [7, 11) is 5.26. The van der Waals surface area contributed by atoms with Crippen LogP contribution in [-0.2, 0) is 22.5 Å². The molecule has 3 aromatic rings. The van der Waals surface area contributed by atoms with Crippen molar-refractivity contribution in [3.05, 3.63) is 77.5 Å². The summed E-state index contributed by atoms with van der Waals surface area (Å²) in [6, 6.07) is 13.0. The number of methoxy groups -OCH3 is 1. The number of benzene rings is 2. The second-order valence-electron chi connectivity index (χ2n) is 12.6. The van der Waals surface area contributed by atoms with Gasteiger partial charge in [-0.2, -0.15) is 0 Å². The molecule has 3 aliphatic rings. The van der Waals surface area contributed by atoms with Gasteiger partial charge in [0.1, 0.15) is 5.75 Å². The molecule has 9 heteroatoms. The molecule has 1 unspecified atom stereocenters. The van der Waals surface area contributed by atoms with Crippen LogP contribution in [-0.4, -0.2) is 76.2 Å². The van der Waals surface area contributed by atoms with Gasteiger partial charge in [0.2, 0.25) is 5.91 Å². The Kier molecular flexibility index (Phi) is 11.0. The maximum Gasteiger partial charge on any atom is 0.219 e. The third-order valence-corrected chi connectivity index (χ3v) is 10.7. The average Bonchev–Trinajstić information content (AvgIpc) is 3.31. The van der Waals surface area contributed by atoms with Crippen LogP contribution in [0.5, 0.6) is 5.75 Å². The fourth-order valence-electron chi connectivity index (χ4n) is 7.15. The van der Waals surface area contributed by atoms with Gasteiger partial charge in [0.15, 0.2) is 11.2 Å². The number of allylic oxidation sites excluding steroid dienone is 1. The Bertz CT molecular complexity index is 1710. The number of nitrogens with one attached hydrogen (secondary N) is 1. The van der Waals surface area contributed by atoms with Gasteiger partial charge in [-0.25, -0.2) is 8.51 Å². The van der Waals surface area contributed by atoms with Crippen molar-refractivity contribution in [2.24, 2.45) is 0 Å². The molecule has 1 aromatic heterocycles. The predicted molar refractivity (Wildman–Crippen MR) is 196 cm³/mol. The van der Waals surface area contributed by atoms with E-state index in [0.29, 0.717) is 31.2 Å². The first-order valence-electron chi connectivity index (χ1n) is 17.0. The summed E-state index contributed by atoms with van der Waals surface area (Å²) in [4.78, 5) is 16.2. The van der Waals surface area contributed by atoms with Gasteiger partial charge in [-0.15, -0.1) is 0 Å². The summed E-state index contributed by atoms with van der Waals surface area (Å²) in [6.07, 6.45) is 8.43. The molecule has 1 N–H and O–H groups in total. The SMILES string of the molecule is C=C(NS(=O)N(C)C)c1ccc2c(C3CCCCC3)c3n(c2c1)CC(C(=C)N1CCN(C(C)=O)CC1)=Cc1cc(OC)ccc1-3.CC. The average molecular weight is 658 g/mol. The van der Waals surface area contributed by atoms with Crippen molar-refractivity contribution in [3.8, 4) is 17.0 Å². The molecule has 2 aliphatic heterocycles. The quantitative estimate of drug-likeness (QED) is 0.279. The number of carbonyl (C=O) groups is 1. The Morgan fingerprint density at radius 3 is 2.30 bits per heavy atom. The van der Waals surface area contributed by atoms with Crippen LogP contribution in [0.1, 0.15) is 75.5 Å². The van der Waals surface area contributed by atoms with E-state index in [1.807, 2.05) is 18.7 Å². The summed E-state index contributed by atoms with van der Waals surface area (Å²) in [5.74, 6) is 1.42. The van der Waals surface area contributed by atoms with Gasteiger partial charge < -0.3 is 19.1 Å². The monoisotopic (exact) mass is 657 g/mol. The number of carbonyl (C=O) groups excluding carboxylic acids is 1. The minimum atomic E-state index is -1.38. The van der Waals surface area contributed by atoms with Gasteiger partial charge in [-0.1, -0.05) is 58.4 Å². The van der Waals surface area contributed by atoms with Gasteiger partial charge in [-0.3, -0.25) is 9.52 Å². The number of nitrogens with zero attached hydrogens (tertiary/aromatic N) is 4. The topological polar surface area (TPSA) is 70.1 Å². The number of rotatable bonds is 8. The van der Waals surface area contributed by atoms with Gasteiger partial charge in [0, 0.05) is 80.6 Å². The summed E-state index contributed by atoms with van der Waals surface area (Å²) in [5.41, 5.74) is 9.83. The van der Waals surface area contributed by atoms with Crippen LogP contribution in [0.25, 0.3) is 33.9 Å². The largest absolute Gasteiger partial charge is 0.497 e. The van der Waals surface area contributed by atoms with Crippen molar-refractivity contribution in [2.45, 2.75) is 65.3 Å². The zero-order valence-corrected chi connectivity index (χ0v) is 29.8. The molecular weight excluding hydrogens is 607 g/mol. The molecule has 1 aliphatic carbocycles. The first-order valence-corrected chi connectivity index (χ1v) is 18.1. The zero-order valence-electron chi connectivity index (χ0n) is 29.0. The third-order valence-electron chi connectivity index (χ3n) is 9.66. The van der Waals surface area contributed by atoms with Crippen LogP contribution >= 0.6 is 0 Å². The lowest BCUT2D eigenvalue weighted by Crippen LogP contribution is -2.47.